The van der Waals surface area contributed by atoms with Crippen LogP contribution in [0.4, 0.5) is 0 Å². The Morgan fingerprint density at radius 2 is 1.86 bits per heavy atom. The smallest absolute Gasteiger partial charge is 0.336 e. The Balaban J connectivity index is 2.33. The topological polar surface area (TPSA) is 35.5 Å². The number of fused-ring (bicyclic) bond motifs is 1. The summed E-state index contributed by atoms with van der Waals surface area (Å²) in [5, 5.41) is 2.25. The van der Waals surface area contributed by atoms with Crippen LogP contribution in [-0.4, -0.2) is 26.3 Å². The number of ether oxygens (including phenoxy) is 2. The first-order valence-electron chi connectivity index (χ1n) is 7.46. The summed E-state index contributed by atoms with van der Waals surface area (Å²) in [6, 6.07) is 14.1. The van der Waals surface area contributed by atoms with Crippen LogP contribution in [0.1, 0.15) is 19.4 Å². The lowest BCUT2D eigenvalue weighted by molar-refractivity contribution is -0.140. The van der Waals surface area contributed by atoms with Crippen molar-refractivity contribution in [2.24, 2.45) is 5.92 Å². The van der Waals surface area contributed by atoms with E-state index in [0.717, 1.165) is 16.3 Å². The van der Waals surface area contributed by atoms with E-state index in [1.54, 1.807) is 7.11 Å². The van der Waals surface area contributed by atoms with Gasteiger partial charge in [0.15, 0.2) is 0 Å². The SMILES string of the molecule is COCC(=Cc1cccc2ccccc12)C(=O)OCC(C)C. The highest BCUT2D eigenvalue weighted by molar-refractivity contribution is 5.98. The molecular weight excluding hydrogens is 276 g/mol. The molecule has 0 fully saturated rings. The van der Waals surface area contributed by atoms with Gasteiger partial charge in [0, 0.05) is 7.11 Å². The van der Waals surface area contributed by atoms with Crippen LogP contribution >= 0.6 is 0 Å². The molecule has 2 rings (SSSR count). The summed E-state index contributed by atoms with van der Waals surface area (Å²) in [7, 11) is 1.58. The number of carbonyl (C=O) groups excluding carboxylic acids is 1. The standard InChI is InChI=1S/C19H22O3/c1-14(2)12-22-19(20)17(13-21-3)11-16-9-6-8-15-7-4-5-10-18(15)16/h4-11,14H,12-13H2,1-3H3. The molecule has 0 radical (unpaired) electrons. The summed E-state index contributed by atoms with van der Waals surface area (Å²) in [6.07, 6.45) is 1.86. The van der Waals surface area contributed by atoms with E-state index in [9.17, 15) is 4.79 Å². The molecule has 116 valence electrons. The second-order valence-corrected chi connectivity index (χ2v) is 5.66. The predicted molar refractivity (Wildman–Crippen MR) is 89.6 cm³/mol. The van der Waals surface area contributed by atoms with Crippen molar-refractivity contribution in [3.63, 3.8) is 0 Å². The third kappa shape index (κ3) is 4.18. The quantitative estimate of drug-likeness (QED) is 0.596. The van der Waals surface area contributed by atoms with Gasteiger partial charge in [-0.1, -0.05) is 56.3 Å². The lowest BCUT2D eigenvalue weighted by atomic mass is 10.0. The van der Waals surface area contributed by atoms with Crippen molar-refractivity contribution in [2.45, 2.75) is 13.8 Å². The van der Waals surface area contributed by atoms with E-state index in [-0.39, 0.29) is 12.6 Å². The first kappa shape index (κ1) is 16.2. The minimum atomic E-state index is -0.316. The molecule has 0 heterocycles. The molecular formula is C19H22O3. The average molecular weight is 298 g/mol. The molecule has 0 bridgehead atoms. The van der Waals surface area contributed by atoms with Crippen molar-refractivity contribution in [1.29, 1.82) is 0 Å². The number of hydrogen-bond donors (Lipinski definition) is 0. The summed E-state index contributed by atoms with van der Waals surface area (Å²) in [5.41, 5.74) is 1.52. The van der Waals surface area contributed by atoms with E-state index in [4.69, 9.17) is 9.47 Å². The summed E-state index contributed by atoms with van der Waals surface area (Å²) in [4.78, 5) is 12.2. The average Bonchev–Trinajstić information content (AvgIpc) is 2.52. The number of carbonyl (C=O) groups is 1. The molecule has 0 unspecified atom stereocenters. The minimum Gasteiger partial charge on any atom is -0.462 e. The van der Waals surface area contributed by atoms with Crippen LogP contribution in [0.25, 0.3) is 16.8 Å². The fourth-order valence-corrected chi connectivity index (χ4v) is 2.21. The van der Waals surface area contributed by atoms with E-state index >= 15 is 0 Å². The van der Waals surface area contributed by atoms with Crippen LogP contribution in [0, 0.1) is 5.92 Å². The largest absolute Gasteiger partial charge is 0.462 e. The minimum absolute atomic E-state index is 0.236. The molecule has 0 N–H and O–H groups in total. The van der Waals surface area contributed by atoms with Crippen LogP contribution in [0.3, 0.4) is 0 Å². The molecule has 22 heavy (non-hydrogen) atoms. The highest BCUT2D eigenvalue weighted by Gasteiger charge is 2.12. The Hall–Kier alpha value is -2.13. The molecule has 0 spiro atoms. The number of esters is 1. The van der Waals surface area contributed by atoms with Crippen molar-refractivity contribution in [3.05, 3.63) is 53.6 Å². The van der Waals surface area contributed by atoms with Gasteiger partial charge < -0.3 is 9.47 Å². The molecule has 2 aromatic rings. The predicted octanol–water partition coefficient (Wildman–Crippen LogP) is 4.07. The van der Waals surface area contributed by atoms with Crippen molar-refractivity contribution in [1.82, 2.24) is 0 Å². The van der Waals surface area contributed by atoms with Crippen LogP contribution < -0.4 is 0 Å². The van der Waals surface area contributed by atoms with E-state index in [2.05, 4.69) is 12.1 Å². The molecule has 0 amide bonds. The highest BCUT2D eigenvalue weighted by atomic mass is 16.5. The molecule has 0 saturated heterocycles. The maximum Gasteiger partial charge on any atom is 0.336 e. The van der Waals surface area contributed by atoms with Gasteiger partial charge in [0.2, 0.25) is 0 Å². The Morgan fingerprint density at radius 1 is 1.14 bits per heavy atom. The molecule has 3 heteroatoms. The first-order chi connectivity index (χ1) is 10.6. The van der Waals surface area contributed by atoms with Gasteiger partial charge in [0.25, 0.3) is 0 Å². The normalized spacial score (nSPS) is 11.9. The van der Waals surface area contributed by atoms with Gasteiger partial charge in [-0.2, -0.15) is 0 Å². The fourth-order valence-electron chi connectivity index (χ4n) is 2.21. The second kappa shape index (κ2) is 7.76. The first-order valence-corrected chi connectivity index (χ1v) is 7.46. The molecule has 0 aliphatic heterocycles. The van der Waals surface area contributed by atoms with Crippen LogP contribution in [0.5, 0.6) is 0 Å². The van der Waals surface area contributed by atoms with Crippen molar-refractivity contribution in [2.75, 3.05) is 20.3 Å². The monoisotopic (exact) mass is 298 g/mol. The van der Waals surface area contributed by atoms with E-state index < -0.39 is 0 Å². The molecule has 0 aromatic heterocycles. The molecule has 0 atom stereocenters. The number of hydrogen-bond acceptors (Lipinski definition) is 3. The summed E-state index contributed by atoms with van der Waals surface area (Å²) in [5.74, 6) is -0.00576. The zero-order valence-corrected chi connectivity index (χ0v) is 13.3. The second-order valence-electron chi connectivity index (χ2n) is 5.66. The maximum atomic E-state index is 12.2. The van der Waals surface area contributed by atoms with Crippen LogP contribution in [0.2, 0.25) is 0 Å². The highest BCUT2D eigenvalue weighted by Crippen LogP contribution is 2.21. The fraction of sp³-hybridized carbons (Fsp3) is 0.316. The lowest BCUT2D eigenvalue weighted by Crippen LogP contribution is -2.15. The van der Waals surface area contributed by atoms with Crippen molar-refractivity contribution < 1.29 is 14.3 Å². The Kier molecular flexibility index (Phi) is 5.73. The molecule has 0 saturated carbocycles. The zero-order valence-electron chi connectivity index (χ0n) is 13.3. The lowest BCUT2D eigenvalue weighted by Gasteiger charge is -2.10. The Morgan fingerprint density at radius 3 is 2.59 bits per heavy atom. The molecule has 0 aliphatic rings. The summed E-state index contributed by atoms with van der Waals surface area (Å²) >= 11 is 0. The van der Waals surface area contributed by atoms with Gasteiger partial charge in [0.1, 0.15) is 0 Å². The molecule has 2 aromatic carbocycles. The van der Waals surface area contributed by atoms with Gasteiger partial charge in [-0.05, 0) is 28.3 Å². The van der Waals surface area contributed by atoms with E-state index in [0.29, 0.717) is 18.1 Å². The number of rotatable bonds is 6. The Labute approximate surface area is 131 Å². The van der Waals surface area contributed by atoms with Crippen molar-refractivity contribution >= 4 is 22.8 Å². The van der Waals surface area contributed by atoms with Gasteiger partial charge in [-0.15, -0.1) is 0 Å². The third-order valence-electron chi connectivity index (χ3n) is 3.26. The van der Waals surface area contributed by atoms with Gasteiger partial charge in [-0.3, -0.25) is 0 Å². The Bertz CT molecular complexity index is 666. The third-order valence-corrected chi connectivity index (χ3v) is 3.26. The van der Waals surface area contributed by atoms with E-state index in [1.165, 1.54) is 0 Å². The zero-order chi connectivity index (χ0) is 15.9. The van der Waals surface area contributed by atoms with E-state index in [1.807, 2.05) is 50.3 Å². The van der Waals surface area contributed by atoms with Gasteiger partial charge >= 0.3 is 5.97 Å². The molecule has 0 aliphatic carbocycles. The number of methoxy groups -OCH3 is 1. The maximum absolute atomic E-state index is 12.2. The van der Waals surface area contributed by atoms with Gasteiger partial charge in [-0.25, -0.2) is 4.79 Å². The number of benzene rings is 2. The van der Waals surface area contributed by atoms with Crippen molar-refractivity contribution in [3.8, 4) is 0 Å². The summed E-state index contributed by atoms with van der Waals surface area (Å²) in [6.45, 7) is 4.67. The van der Waals surface area contributed by atoms with Gasteiger partial charge in [0.05, 0.1) is 18.8 Å². The molecule has 3 nitrogen and oxygen atoms in total. The summed E-state index contributed by atoms with van der Waals surface area (Å²) < 4.78 is 10.5. The van der Waals surface area contributed by atoms with Crippen LogP contribution in [0.15, 0.2) is 48.0 Å². The van der Waals surface area contributed by atoms with Crippen LogP contribution in [-0.2, 0) is 14.3 Å².